The van der Waals surface area contributed by atoms with Crippen LogP contribution >= 0.6 is 0 Å². The number of hydrogen-bond acceptors (Lipinski definition) is 5. The molecule has 7 heteroatoms. The van der Waals surface area contributed by atoms with Gasteiger partial charge in [0.1, 0.15) is 6.04 Å². The molecule has 6 nitrogen and oxygen atoms in total. The van der Waals surface area contributed by atoms with Crippen LogP contribution in [0.4, 0.5) is 0 Å². The fourth-order valence-corrected chi connectivity index (χ4v) is 2.02. The van der Waals surface area contributed by atoms with E-state index in [1.165, 1.54) is 0 Å². The number of nitrogens with zero attached hydrogens (tertiary/aromatic N) is 2. The smallest absolute Gasteiger partial charge is 0.862 e. The minimum atomic E-state index is -0.909. The Kier molecular flexibility index (Phi) is 18.9. The molecule has 0 saturated carbocycles. The average Bonchev–Trinajstić information content (AvgIpc) is 2.49. The van der Waals surface area contributed by atoms with E-state index in [2.05, 4.69) is 11.1 Å². The van der Waals surface area contributed by atoms with Crippen LogP contribution in [0.3, 0.4) is 0 Å². The van der Waals surface area contributed by atoms with Crippen molar-refractivity contribution in [2.24, 2.45) is 4.99 Å². The third-order valence-electron chi connectivity index (χ3n) is 3.43. The van der Waals surface area contributed by atoms with Crippen molar-refractivity contribution in [2.45, 2.75) is 52.0 Å². The van der Waals surface area contributed by atoms with Gasteiger partial charge in [-0.25, -0.2) is 0 Å². The Bertz CT molecular complexity index is 362. The number of unbranched alkanes of at least 4 members (excludes halogenated alkanes) is 2. The van der Waals surface area contributed by atoms with E-state index in [0.29, 0.717) is 32.5 Å². The van der Waals surface area contributed by atoms with Crippen molar-refractivity contribution in [1.82, 2.24) is 4.90 Å². The van der Waals surface area contributed by atoms with Crippen molar-refractivity contribution >= 4 is 11.9 Å². The first kappa shape index (κ1) is 25.5. The van der Waals surface area contributed by atoms with E-state index in [-0.39, 0.29) is 63.9 Å². The molecule has 0 aliphatic rings. The molecule has 0 heterocycles. The van der Waals surface area contributed by atoms with Gasteiger partial charge in [0.05, 0.1) is 6.54 Å². The Morgan fingerprint density at radius 3 is 2.57 bits per heavy atom. The Labute approximate surface area is 182 Å². The third-order valence-corrected chi connectivity index (χ3v) is 3.43. The molecule has 23 heavy (non-hydrogen) atoms. The van der Waals surface area contributed by atoms with Gasteiger partial charge in [0.25, 0.3) is 0 Å². The van der Waals surface area contributed by atoms with Crippen molar-refractivity contribution in [2.75, 3.05) is 26.2 Å². The second-order valence-electron chi connectivity index (χ2n) is 5.22. The molecule has 0 aromatic heterocycles. The molecular weight excluding hydrogens is 323 g/mol. The molecule has 1 atom stereocenters. The van der Waals surface area contributed by atoms with E-state index in [1.54, 1.807) is 11.8 Å². The summed E-state index contributed by atoms with van der Waals surface area (Å²) in [4.78, 5) is 16.7. The van der Waals surface area contributed by atoms with Gasteiger partial charge in [-0.05, 0) is 51.8 Å². The molecule has 0 rings (SSSR count). The van der Waals surface area contributed by atoms with Gasteiger partial charge in [-0.3, -0.25) is 9.69 Å². The van der Waals surface area contributed by atoms with Gasteiger partial charge >= 0.3 is 57.4 Å². The third kappa shape index (κ3) is 14.3. The number of allylic oxidation sites excluding steroid dienone is 2. The number of rotatable bonds is 13. The zero-order chi connectivity index (χ0) is 16.8. The van der Waals surface area contributed by atoms with Crippen LogP contribution in [0.25, 0.3) is 0 Å². The van der Waals surface area contributed by atoms with Gasteiger partial charge in [-0.15, -0.1) is 0 Å². The number of carbonyl (C=O) groups is 1. The Morgan fingerprint density at radius 2 is 2.00 bits per heavy atom. The molecule has 0 aliphatic carbocycles. The van der Waals surface area contributed by atoms with E-state index in [9.17, 15) is 9.90 Å². The maximum Gasteiger partial charge on any atom is 1.00 e. The Balaban J connectivity index is 0. The topological polar surface area (TPSA) is 96.2 Å². The summed E-state index contributed by atoms with van der Waals surface area (Å²) in [6.07, 6.45) is 7.81. The van der Waals surface area contributed by atoms with Gasteiger partial charge in [-0.2, -0.15) is 0 Å². The summed E-state index contributed by atoms with van der Waals surface area (Å²) in [6, 6.07) is -0.641. The fraction of sp³-hybridized carbons (Fsp3) is 0.750. The van der Waals surface area contributed by atoms with Gasteiger partial charge in [-0.1, -0.05) is 12.2 Å². The first-order valence-electron chi connectivity index (χ1n) is 7.92. The van der Waals surface area contributed by atoms with Crippen LogP contribution in [0, 0.1) is 0 Å². The summed E-state index contributed by atoms with van der Waals surface area (Å²) in [6.45, 7) is 4.79. The van der Waals surface area contributed by atoms with Crippen molar-refractivity contribution in [3.8, 4) is 0 Å². The van der Waals surface area contributed by atoms with Crippen LogP contribution < -0.4 is 56.5 Å². The van der Waals surface area contributed by atoms with E-state index in [1.807, 2.05) is 13.0 Å². The van der Waals surface area contributed by atoms with Crippen molar-refractivity contribution in [3.05, 3.63) is 12.2 Å². The molecule has 0 radical (unpaired) electrons. The number of hydrogen-bond donors (Lipinski definition) is 2. The van der Waals surface area contributed by atoms with E-state index >= 15 is 0 Å². The van der Waals surface area contributed by atoms with Crippen LogP contribution in [-0.2, 0) is 4.79 Å². The zero-order valence-corrected chi connectivity index (χ0v) is 17.8. The van der Waals surface area contributed by atoms with Crippen LogP contribution in [0.1, 0.15) is 46.0 Å². The molecule has 0 aromatic carbocycles. The van der Waals surface area contributed by atoms with E-state index < -0.39 is 12.0 Å². The number of aliphatic carboxylic acids is 1. The van der Waals surface area contributed by atoms with Gasteiger partial charge < -0.3 is 20.3 Å². The normalized spacial score (nSPS) is 13.3. The minimum Gasteiger partial charge on any atom is -0.862 e. The number of aliphatic hydroxyl groups excluding tert-OH is 1. The molecule has 0 spiro atoms. The summed E-state index contributed by atoms with van der Waals surface area (Å²) >= 11 is 0. The molecule has 0 saturated heterocycles. The first-order valence-corrected chi connectivity index (χ1v) is 7.92. The molecule has 1 unspecified atom stereocenters. The fourth-order valence-electron chi connectivity index (χ4n) is 2.02. The van der Waals surface area contributed by atoms with Crippen molar-refractivity contribution in [3.63, 3.8) is 0 Å². The van der Waals surface area contributed by atoms with Crippen LogP contribution in [0.2, 0.25) is 0 Å². The van der Waals surface area contributed by atoms with Gasteiger partial charge in [0.2, 0.25) is 0 Å². The Hall–Kier alpha value is 0.236. The first-order chi connectivity index (χ1) is 10.5. The number of carboxylic acids is 1. The number of aliphatic hydroxyl groups is 1. The summed E-state index contributed by atoms with van der Waals surface area (Å²) in [5, 5.41) is 29.5. The van der Waals surface area contributed by atoms with Crippen LogP contribution in [0.15, 0.2) is 17.1 Å². The summed E-state index contributed by atoms with van der Waals surface area (Å²) < 4.78 is 0. The molecule has 0 fully saturated rings. The maximum absolute atomic E-state index is 11.6. The zero-order valence-electron chi connectivity index (χ0n) is 14.7. The molecule has 2 N–H and O–H groups in total. The summed E-state index contributed by atoms with van der Waals surface area (Å²) in [5.74, 6) is -1.03. The van der Waals surface area contributed by atoms with Crippen LogP contribution in [0.5, 0.6) is 0 Å². The summed E-state index contributed by atoms with van der Waals surface area (Å²) in [5.41, 5.74) is 0. The summed E-state index contributed by atoms with van der Waals surface area (Å²) in [7, 11) is 0. The van der Waals surface area contributed by atoms with E-state index in [0.717, 1.165) is 19.3 Å². The second kappa shape index (κ2) is 17.1. The number of carboxylic acid groups (broad SMARTS) is 1. The molecule has 0 amide bonds. The van der Waals surface area contributed by atoms with Crippen molar-refractivity contribution < 1.29 is 71.5 Å². The van der Waals surface area contributed by atoms with Gasteiger partial charge in [0.15, 0.2) is 0 Å². The molecule has 0 aliphatic heterocycles. The predicted octanol–water partition coefficient (Wildman–Crippen LogP) is -1.96. The van der Waals surface area contributed by atoms with Gasteiger partial charge in [0, 0.05) is 19.7 Å². The quantitative estimate of drug-likeness (QED) is 0.132. The maximum atomic E-state index is 11.6. The minimum absolute atomic E-state index is 0. The standard InChI is InChI=1S/C16H30N2O4.K/c1-3-4-5-6-7-9-15(20)17-10-12-18(11-8-13-19)14(2)16(21)22;/h3-4,14,19H,5-13H2,1-2H3,(H,17,20)(H,21,22);/q;+1/p-1/b4-3+;. The number of aliphatic imine (C=N–C) groups is 1. The largest absolute Gasteiger partial charge is 1.00 e. The second-order valence-corrected chi connectivity index (χ2v) is 5.22. The van der Waals surface area contributed by atoms with Crippen LogP contribution in [-0.4, -0.2) is 59.3 Å². The monoisotopic (exact) mass is 352 g/mol. The Morgan fingerprint density at radius 1 is 1.30 bits per heavy atom. The average molecular weight is 353 g/mol. The predicted molar refractivity (Wildman–Crippen MR) is 86.0 cm³/mol. The van der Waals surface area contributed by atoms with E-state index in [4.69, 9.17) is 10.2 Å². The molecule has 128 valence electrons. The molecule has 0 bridgehead atoms. The molecular formula is C16H29KN2O4. The molecule has 0 aromatic rings. The van der Waals surface area contributed by atoms with Crippen molar-refractivity contribution in [1.29, 1.82) is 0 Å². The SMILES string of the molecule is C/C=C/CCCCC([O-])=NCCN(CCCO)C(C)C(=O)O.[K+].